The molecule has 116 valence electrons. The first-order chi connectivity index (χ1) is 10.2. The van der Waals surface area contributed by atoms with Gasteiger partial charge in [0.05, 0.1) is 16.3 Å². The average molecular weight is 332 g/mol. The van der Waals surface area contributed by atoms with Crippen LogP contribution in [0, 0.1) is 12.7 Å². The lowest BCUT2D eigenvalue weighted by Gasteiger charge is -2.11. The van der Waals surface area contributed by atoms with Gasteiger partial charge in [-0.2, -0.15) is 13.2 Å². The Hall–Kier alpha value is -2.08. The van der Waals surface area contributed by atoms with E-state index in [-0.39, 0.29) is 16.3 Å². The van der Waals surface area contributed by atoms with Crippen LogP contribution in [-0.4, -0.2) is 5.91 Å². The minimum Gasteiger partial charge on any atom is -0.319 e. The quantitative estimate of drug-likeness (QED) is 0.766. The highest BCUT2D eigenvalue weighted by atomic mass is 35.5. The number of carbonyl (C=O) groups excluding carboxylic acids is 1. The minimum atomic E-state index is -4.48. The summed E-state index contributed by atoms with van der Waals surface area (Å²) in [5.74, 6) is -1.51. The summed E-state index contributed by atoms with van der Waals surface area (Å²) in [5.41, 5.74) is -0.541. The third-order valence-corrected chi connectivity index (χ3v) is 3.31. The lowest BCUT2D eigenvalue weighted by atomic mass is 10.1. The second kappa shape index (κ2) is 5.96. The number of nitrogens with one attached hydrogen (secondary N) is 1. The van der Waals surface area contributed by atoms with E-state index in [1.807, 2.05) is 0 Å². The molecule has 0 atom stereocenters. The predicted octanol–water partition coefficient (Wildman–Crippen LogP) is 5.06. The Kier molecular flexibility index (Phi) is 4.42. The normalized spacial score (nSPS) is 11.4. The largest absolute Gasteiger partial charge is 0.416 e. The number of alkyl halides is 3. The Morgan fingerprint density at radius 2 is 1.68 bits per heavy atom. The van der Waals surface area contributed by atoms with Crippen molar-refractivity contribution in [2.45, 2.75) is 13.1 Å². The van der Waals surface area contributed by atoms with Crippen LogP contribution in [0.5, 0.6) is 0 Å². The van der Waals surface area contributed by atoms with Crippen LogP contribution in [0.1, 0.15) is 21.5 Å². The van der Waals surface area contributed by atoms with Gasteiger partial charge in [-0.1, -0.05) is 17.7 Å². The number of anilines is 1. The molecule has 2 aromatic carbocycles. The van der Waals surface area contributed by atoms with Crippen molar-refractivity contribution in [1.82, 2.24) is 0 Å². The van der Waals surface area contributed by atoms with Gasteiger partial charge in [0.2, 0.25) is 0 Å². The summed E-state index contributed by atoms with van der Waals surface area (Å²) in [6.45, 7) is 1.57. The van der Waals surface area contributed by atoms with Gasteiger partial charge in [-0.05, 0) is 42.8 Å². The van der Waals surface area contributed by atoms with Crippen LogP contribution in [0.2, 0.25) is 5.02 Å². The maximum absolute atomic E-state index is 13.9. The molecular weight excluding hydrogens is 322 g/mol. The maximum atomic E-state index is 13.9. The zero-order valence-electron chi connectivity index (χ0n) is 11.3. The van der Waals surface area contributed by atoms with E-state index in [1.165, 1.54) is 12.1 Å². The topological polar surface area (TPSA) is 29.1 Å². The molecule has 0 aromatic heterocycles. The molecule has 1 amide bonds. The molecule has 2 aromatic rings. The highest BCUT2D eigenvalue weighted by Crippen LogP contribution is 2.30. The van der Waals surface area contributed by atoms with Gasteiger partial charge in [-0.15, -0.1) is 0 Å². The number of halogens is 5. The second-order valence-corrected chi connectivity index (χ2v) is 4.99. The summed E-state index contributed by atoms with van der Waals surface area (Å²) >= 11 is 5.63. The fourth-order valence-electron chi connectivity index (χ4n) is 1.80. The molecule has 7 heteroatoms. The Labute approximate surface area is 128 Å². The van der Waals surface area contributed by atoms with Gasteiger partial charge in [-0.3, -0.25) is 4.79 Å². The van der Waals surface area contributed by atoms with E-state index in [1.54, 1.807) is 6.92 Å². The van der Waals surface area contributed by atoms with Crippen molar-refractivity contribution in [3.63, 3.8) is 0 Å². The van der Waals surface area contributed by atoms with Crippen molar-refractivity contribution in [3.05, 3.63) is 63.9 Å². The predicted molar refractivity (Wildman–Crippen MR) is 75.5 cm³/mol. The highest BCUT2D eigenvalue weighted by molar-refractivity contribution is 6.31. The smallest absolute Gasteiger partial charge is 0.319 e. The molecule has 0 fully saturated rings. The molecule has 0 saturated carbocycles. The van der Waals surface area contributed by atoms with E-state index in [0.717, 1.165) is 24.3 Å². The number of hydrogen-bond donors (Lipinski definition) is 1. The maximum Gasteiger partial charge on any atom is 0.416 e. The van der Waals surface area contributed by atoms with E-state index >= 15 is 0 Å². The van der Waals surface area contributed by atoms with Crippen LogP contribution < -0.4 is 5.32 Å². The molecule has 2 rings (SSSR count). The van der Waals surface area contributed by atoms with Gasteiger partial charge in [0.15, 0.2) is 5.82 Å². The van der Waals surface area contributed by atoms with Crippen molar-refractivity contribution >= 4 is 23.2 Å². The highest BCUT2D eigenvalue weighted by Gasteiger charge is 2.30. The molecule has 22 heavy (non-hydrogen) atoms. The van der Waals surface area contributed by atoms with Crippen LogP contribution in [0.3, 0.4) is 0 Å². The van der Waals surface area contributed by atoms with E-state index < -0.39 is 23.5 Å². The van der Waals surface area contributed by atoms with Gasteiger partial charge < -0.3 is 5.32 Å². The number of aryl methyl sites for hydroxylation is 1. The van der Waals surface area contributed by atoms with E-state index in [2.05, 4.69) is 5.32 Å². The molecule has 0 aliphatic heterocycles. The first-order valence-electron chi connectivity index (χ1n) is 6.13. The molecule has 0 heterocycles. The molecule has 0 bridgehead atoms. The summed E-state index contributed by atoms with van der Waals surface area (Å²) in [7, 11) is 0. The van der Waals surface area contributed by atoms with Gasteiger partial charge >= 0.3 is 6.18 Å². The van der Waals surface area contributed by atoms with E-state index in [4.69, 9.17) is 11.6 Å². The fourth-order valence-corrected chi connectivity index (χ4v) is 1.95. The molecule has 2 nitrogen and oxygen atoms in total. The van der Waals surface area contributed by atoms with Crippen molar-refractivity contribution in [3.8, 4) is 0 Å². The van der Waals surface area contributed by atoms with Crippen molar-refractivity contribution in [2.24, 2.45) is 0 Å². The van der Waals surface area contributed by atoms with Crippen molar-refractivity contribution in [2.75, 3.05) is 5.32 Å². The SMILES string of the molecule is Cc1ccc(Cl)c(F)c1NC(=O)c1ccc(C(F)(F)F)cc1. The number of carbonyl (C=O) groups is 1. The van der Waals surface area contributed by atoms with Crippen molar-refractivity contribution < 1.29 is 22.4 Å². The molecule has 0 aliphatic rings. The Morgan fingerprint density at radius 1 is 1.09 bits per heavy atom. The standard InChI is InChI=1S/C15H10ClF4NO/c1-8-2-7-11(16)12(17)13(8)21-14(22)9-3-5-10(6-4-9)15(18,19)20/h2-7H,1H3,(H,21,22). The first-order valence-corrected chi connectivity index (χ1v) is 6.51. The third kappa shape index (κ3) is 3.39. The van der Waals surface area contributed by atoms with Gasteiger partial charge in [0, 0.05) is 5.56 Å². The van der Waals surface area contributed by atoms with Crippen LogP contribution in [0.25, 0.3) is 0 Å². The van der Waals surface area contributed by atoms with Crippen molar-refractivity contribution in [1.29, 1.82) is 0 Å². The van der Waals surface area contributed by atoms with Crippen LogP contribution >= 0.6 is 11.6 Å². The lowest BCUT2D eigenvalue weighted by Crippen LogP contribution is -2.15. The molecule has 0 spiro atoms. The summed E-state index contributed by atoms with van der Waals surface area (Å²) in [4.78, 5) is 12.0. The molecule has 0 aliphatic carbocycles. The zero-order chi connectivity index (χ0) is 16.5. The van der Waals surface area contributed by atoms with Gasteiger partial charge in [-0.25, -0.2) is 4.39 Å². The molecule has 1 N–H and O–H groups in total. The molecule has 0 radical (unpaired) electrons. The minimum absolute atomic E-state index is 0.0215. The monoisotopic (exact) mass is 331 g/mol. The Bertz CT molecular complexity index is 711. The van der Waals surface area contributed by atoms with Crippen LogP contribution in [0.15, 0.2) is 36.4 Å². The van der Waals surface area contributed by atoms with Gasteiger partial charge in [0.25, 0.3) is 5.91 Å². The van der Waals surface area contributed by atoms with Gasteiger partial charge in [0.1, 0.15) is 0 Å². The number of benzene rings is 2. The first kappa shape index (κ1) is 16.3. The summed E-state index contributed by atoms with van der Waals surface area (Å²) in [6, 6.07) is 6.49. The van der Waals surface area contributed by atoms with Crippen LogP contribution in [-0.2, 0) is 6.18 Å². The zero-order valence-corrected chi connectivity index (χ0v) is 12.0. The fraction of sp³-hybridized carbons (Fsp3) is 0.133. The molecular formula is C15H10ClF4NO. The molecule has 0 saturated heterocycles. The Balaban J connectivity index is 2.25. The number of hydrogen-bond acceptors (Lipinski definition) is 1. The second-order valence-electron chi connectivity index (χ2n) is 4.58. The van der Waals surface area contributed by atoms with E-state index in [9.17, 15) is 22.4 Å². The number of rotatable bonds is 2. The molecule has 0 unspecified atom stereocenters. The summed E-state index contributed by atoms with van der Waals surface area (Å²) < 4.78 is 51.2. The lowest BCUT2D eigenvalue weighted by molar-refractivity contribution is -0.137. The third-order valence-electron chi connectivity index (χ3n) is 3.02. The summed E-state index contributed by atoms with van der Waals surface area (Å²) in [6.07, 6.45) is -4.48. The van der Waals surface area contributed by atoms with E-state index in [0.29, 0.717) is 5.56 Å². The number of amides is 1. The summed E-state index contributed by atoms with van der Waals surface area (Å²) in [5, 5.41) is 2.16. The Morgan fingerprint density at radius 3 is 2.23 bits per heavy atom. The average Bonchev–Trinajstić information content (AvgIpc) is 2.46. The van der Waals surface area contributed by atoms with Crippen LogP contribution in [0.4, 0.5) is 23.2 Å².